The Morgan fingerprint density at radius 1 is 1.22 bits per heavy atom. The molecule has 1 atom stereocenters. The topological polar surface area (TPSA) is 61.0 Å². The first-order valence-corrected chi connectivity index (χ1v) is 6.05. The van der Waals surface area contributed by atoms with Gasteiger partial charge in [-0.15, -0.1) is 0 Å². The molecule has 4 nitrogen and oxygen atoms in total. The molecule has 0 aliphatic carbocycles. The number of anilines is 1. The summed E-state index contributed by atoms with van der Waals surface area (Å²) in [6.45, 7) is 4.39. The van der Waals surface area contributed by atoms with Gasteiger partial charge in [0.25, 0.3) is 0 Å². The van der Waals surface area contributed by atoms with E-state index in [1.165, 1.54) is 5.56 Å². The maximum atomic E-state index is 5.60. The van der Waals surface area contributed by atoms with Crippen LogP contribution in [0.3, 0.4) is 0 Å². The molecule has 4 heteroatoms. The first kappa shape index (κ1) is 12.4. The van der Waals surface area contributed by atoms with Crippen molar-refractivity contribution in [2.75, 3.05) is 5.73 Å². The highest BCUT2D eigenvalue weighted by molar-refractivity contribution is 5.32. The second-order valence-electron chi connectivity index (χ2n) is 4.23. The Hall–Kier alpha value is -2.10. The van der Waals surface area contributed by atoms with Crippen molar-refractivity contribution >= 4 is 5.95 Å². The molecule has 2 aromatic rings. The third kappa shape index (κ3) is 2.97. The van der Waals surface area contributed by atoms with Gasteiger partial charge in [-0.1, -0.05) is 26.0 Å². The summed E-state index contributed by atoms with van der Waals surface area (Å²) in [6.07, 6.45) is 2.70. The van der Waals surface area contributed by atoms with Crippen LogP contribution in [0, 0.1) is 0 Å². The van der Waals surface area contributed by atoms with Gasteiger partial charge < -0.3 is 10.5 Å². The van der Waals surface area contributed by atoms with E-state index in [1.54, 1.807) is 12.3 Å². The quantitative estimate of drug-likeness (QED) is 0.894. The lowest BCUT2D eigenvalue weighted by atomic mass is 9.99. The fraction of sp³-hybridized carbons (Fsp3) is 0.286. The number of benzene rings is 1. The molecule has 1 heterocycles. The van der Waals surface area contributed by atoms with Crippen molar-refractivity contribution in [1.29, 1.82) is 0 Å². The van der Waals surface area contributed by atoms with Gasteiger partial charge in [0.05, 0.1) is 0 Å². The second kappa shape index (κ2) is 5.49. The van der Waals surface area contributed by atoms with Crippen LogP contribution in [-0.2, 0) is 0 Å². The third-order valence-electron chi connectivity index (χ3n) is 2.93. The molecule has 0 fully saturated rings. The molecule has 0 amide bonds. The van der Waals surface area contributed by atoms with Gasteiger partial charge in [0, 0.05) is 12.3 Å². The van der Waals surface area contributed by atoms with Gasteiger partial charge in [0.2, 0.25) is 11.8 Å². The van der Waals surface area contributed by atoms with Crippen molar-refractivity contribution in [1.82, 2.24) is 9.97 Å². The van der Waals surface area contributed by atoms with E-state index < -0.39 is 0 Å². The highest BCUT2D eigenvalue weighted by Crippen LogP contribution is 2.24. The Balaban J connectivity index is 2.11. The highest BCUT2D eigenvalue weighted by Gasteiger charge is 2.04. The van der Waals surface area contributed by atoms with Crippen LogP contribution in [0.5, 0.6) is 11.6 Å². The molecular weight excluding hydrogens is 226 g/mol. The van der Waals surface area contributed by atoms with Crippen LogP contribution < -0.4 is 10.5 Å². The van der Waals surface area contributed by atoms with Crippen LogP contribution in [0.2, 0.25) is 0 Å². The number of hydrogen-bond acceptors (Lipinski definition) is 4. The lowest BCUT2D eigenvalue weighted by Gasteiger charge is -2.10. The summed E-state index contributed by atoms with van der Waals surface area (Å²) in [5, 5.41) is 0. The van der Waals surface area contributed by atoms with Crippen LogP contribution in [0.15, 0.2) is 36.5 Å². The predicted octanol–water partition coefficient (Wildman–Crippen LogP) is 3.36. The van der Waals surface area contributed by atoms with Crippen molar-refractivity contribution in [3.8, 4) is 11.6 Å². The summed E-state index contributed by atoms with van der Waals surface area (Å²) in [5.74, 6) is 1.98. The van der Waals surface area contributed by atoms with E-state index in [4.69, 9.17) is 10.5 Å². The zero-order valence-electron chi connectivity index (χ0n) is 10.6. The fourth-order valence-corrected chi connectivity index (χ4v) is 1.63. The number of nitrogen functional groups attached to an aromatic ring is 1. The molecule has 2 rings (SSSR count). The molecule has 0 aliphatic rings. The third-order valence-corrected chi connectivity index (χ3v) is 2.93. The normalized spacial score (nSPS) is 12.1. The summed E-state index contributed by atoms with van der Waals surface area (Å²) in [7, 11) is 0. The van der Waals surface area contributed by atoms with Gasteiger partial charge in [0.1, 0.15) is 5.75 Å². The lowest BCUT2D eigenvalue weighted by molar-refractivity contribution is 0.462. The number of nitrogens with zero attached hydrogens (tertiary/aromatic N) is 2. The Labute approximate surface area is 107 Å². The summed E-state index contributed by atoms with van der Waals surface area (Å²) in [5.41, 5.74) is 6.80. The monoisotopic (exact) mass is 243 g/mol. The summed E-state index contributed by atoms with van der Waals surface area (Å²) < 4.78 is 5.60. The number of hydrogen-bond donors (Lipinski definition) is 1. The number of ether oxygens (including phenoxy) is 1. The lowest BCUT2D eigenvalue weighted by Crippen LogP contribution is -1.96. The average Bonchev–Trinajstić information content (AvgIpc) is 2.39. The maximum Gasteiger partial charge on any atom is 0.224 e. The molecule has 0 spiro atoms. The maximum absolute atomic E-state index is 5.60. The van der Waals surface area contributed by atoms with Crippen molar-refractivity contribution in [2.45, 2.75) is 26.2 Å². The standard InChI is InChI=1S/C14H17N3O/c1-3-10(2)11-4-6-12(7-5-11)18-13-8-9-16-14(15)17-13/h4-10H,3H2,1-2H3,(H2,15,16,17). The van der Waals surface area contributed by atoms with Gasteiger partial charge in [0.15, 0.2) is 0 Å². The van der Waals surface area contributed by atoms with E-state index >= 15 is 0 Å². The van der Waals surface area contributed by atoms with Crippen molar-refractivity contribution in [3.63, 3.8) is 0 Å². The molecule has 2 N–H and O–H groups in total. The molecule has 0 saturated carbocycles. The summed E-state index contributed by atoms with van der Waals surface area (Å²) in [4.78, 5) is 7.80. The zero-order chi connectivity index (χ0) is 13.0. The second-order valence-corrected chi connectivity index (χ2v) is 4.23. The average molecular weight is 243 g/mol. The minimum atomic E-state index is 0.212. The van der Waals surface area contributed by atoms with Gasteiger partial charge in [-0.25, -0.2) is 4.98 Å². The van der Waals surface area contributed by atoms with Gasteiger partial charge >= 0.3 is 0 Å². The minimum absolute atomic E-state index is 0.212. The Morgan fingerprint density at radius 2 is 1.94 bits per heavy atom. The molecule has 1 unspecified atom stereocenters. The number of rotatable bonds is 4. The number of nitrogens with two attached hydrogens (primary N) is 1. The SMILES string of the molecule is CCC(C)c1ccc(Oc2ccnc(N)n2)cc1. The molecule has 94 valence electrons. The smallest absolute Gasteiger partial charge is 0.224 e. The Kier molecular flexibility index (Phi) is 3.77. The Bertz CT molecular complexity index is 511. The van der Waals surface area contributed by atoms with E-state index in [1.807, 2.05) is 12.1 Å². The summed E-state index contributed by atoms with van der Waals surface area (Å²) >= 11 is 0. The van der Waals surface area contributed by atoms with E-state index in [-0.39, 0.29) is 5.95 Å². The van der Waals surface area contributed by atoms with Crippen LogP contribution in [0.25, 0.3) is 0 Å². The molecule has 0 bridgehead atoms. The minimum Gasteiger partial charge on any atom is -0.439 e. The van der Waals surface area contributed by atoms with Crippen LogP contribution in [-0.4, -0.2) is 9.97 Å². The van der Waals surface area contributed by atoms with Gasteiger partial charge in [-0.3, -0.25) is 0 Å². The van der Waals surface area contributed by atoms with Gasteiger partial charge in [-0.2, -0.15) is 4.98 Å². The highest BCUT2D eigenvalue weighted by atomic mass is 16.5. The zero-order valence-corrected chi connectivity index (χ0v) is 10.6. The number of aromatic nitrogens is 2. The summed E-state index contributed by atoms with van der Waals surface area (Å²) in [6, 6.07) is 9.72. The predicted molar refractivity (Wildman–Crippen MR) is 71.7 cm³/mol. The van der Waals surface area contributed by atoms with Crippen LogP contribution in [0.4, 0.5) is 5.95 Å². The van der Waals surface area contributed by atoms with Crippen molar-refractivity contribution in [3.05, 3.63) is 42.1 Å². The fourth-order valence-electron chi connectivity index (χ4n) is 1.63. The molecular formula is C14H17N3O. The van der Waals surface area contributed by atoms with E-state index in [0.29, 0.717) is 11.8 Å². The molecule has 18 heavy (non-hydrogen) atoms. The van der Waals surface area contributed by atoms with Crippen LogP contribution in [0.1, 0.15) is 31.7 Å². The molecule has 0 aliphatic heterocycles. The van der Waals surface area contributed by atoms with Crippen molar-refractivity contribution < 1.29 is 4.74 Å². The van der Waals surface area contributed by atoms with Gasteiger partial charge in [-0.05, 0) is 30.0 Å². The molecule has 0 radical (unpaired) electrons. The first-order valence-electron chi connectivity index (χ1n) is 6.05. The molecule has 1 aromatic heterocycles. The molecule has 0 saturated heterocycles. The Morgan fingerprint density at radius 3 is 2.56 bits per heavy atom. The largest absolute Gasteiger partial charge is 0.439 e. The molecule has 1 aromatic carbocycles. The van der Waals surface area contributed by atoms with E-state index in [9.17, 15) is 0 Å². The van der Waals surface area contributed by atoms with Crippen LogP contribution >= 0.6 is 0 Å². The first-order chi connectivity index (χ1) is 8.69. The van der Waals surface area contributed by atoms with E-state index in [2.05, 4.69) is 35.9 Å². The van der Waals surface area contributed by atoms with Crippen molar-refractivity contribution in [2.24, 2.45) is 0 Å². The van der Waals surface area contributed by atoms with E-state index in [0.717, 1.165) is 12.2 Å².